The van der Waals surface area contributed by atoms with E-state index in [1.165, 1.54) is 5.69 Å². The maximum atomic E-state index is 11.9. The molecule has 0 atom stereocenters. The SMILES string of the molecule is CCNC(=NCC(=O)OC(C)(C)C)N1CCN(c2ccc(OC)cc2)CC1.I. The van der Waals surface area contributed by atoms with Gasteiger partial charge in [0.05, 0.1) is 7.11 Å². The van der Waals surface area contributed by atoms with Crippen LogP contribution in [0.3, 0.4) is 0 Å². The molecule has 0 aliphatic carbocycles. The fraction of sp³-hybridized carbons (Fsp3) is 0.600. The Morgan fingerprint density at radius 2 is 1.75 bits per heavy atom. The quantitative estimate of drug-likeness (QED) is 0.288. The van der Waals surface area contributed by atoms with Gasteiger partial charge >= 0.3 is 5.97 Å². The Hall–Kier alpha value is -1.71. The van der Waals surface area contributed by atoms with Crippen molar-refractivity contribution in [3.05, 3.63) is 24.3 Å². The van der Waals surface area contributed by atoms with Crippen molar-refractivity contribution < 1.29 is 14.3 Å². The normalized spacial score (nSPS) is 15.0. The van der Waals surface area contributed by atoms with Crippen molar-refractivity contribution in [2.45, 2.75) is 33.3 Å². The van der Waals surface area contributed by atoms with E-state index in [9.17, 15) is 4.79 Å². The number of hydrogen-bond donors (Lipinski definition) is 1. The standard InChI is InChI=1S/C20H32N4O3.HI/c1-6-21-19(22-15-18(25)27-20(2,3)4)24-13-11-23(12-14-24)16-7-9-17(26-5)10-8-16;/h7-10H,6,11-15H2,1-5H3,(H,21,22);1H. The van der Waals surface area contributed by atoms with E-state index in [-0.39, 0.29) is 36.5 Å². The van der Waals surface area contributed by atoms with E-state index in [0.29, 0.717) is 0 Å². The maximum absolute atomic E-state index is 11.9. The number of benzene rings is 1. The molecule has 1 aromatic carbocycles. The van der Waals surface area contributed by atoms with Crippen LogP contribution in [0.4, 0.5) is 5.69 Å². The summed E-state index contributed by atoms with van der Waals surface area (Å²) in [4.78, 5) is 20.9. The third kappa shape index (κ3) is 7.73. The lowest BCUT2D eigenvalue weighted by Crippen LogP contribution is -2.52. The van der Waals surface area contributed by atoms with Crippen molar-refractivity contribution in [3.63, 3.8) is 0 Å². The number of aliphatic imine (C=N–C) groups is 1. The van der Waals surface area contributed by atoms with Gasteiger partial charge in [-0.2, -0.15) is 0 Å². The zero-order chi connectivity index (χ0) is 19.9. The van der Waals surface area contributed by atoms with Gasteiger partial charge < -0.3 is 24.6 Å². The predicted octanol–water partition coefficient (Wildman–Crippen LogP) is 2.74. The van der Waals surface area contributed by atoms with Gasteiger partial charge in [0, 0.05) is 38.4 Å². The molecule has 0 aromatic heterocycles. The fourth-order valence-electron chi connectivity index (χ4n) is 2.91. The minimum atomic E-state index is -0.491. The van der Waals surface area contributed by atoms with Crippen molar-refractivity contribution in [1.29, 1.82) is 0 Å². The first-order valence-corrected chi connectivity index (χ1v) is 9.46. The van der Waals surface area contributed by atoms with Crippen LogP contribution in [-0.4, -0.2) is 68.8 Å². The van der Waals surface area contributed by atoms with Crippen molar-refractivity contribution >= 4 is 41.6 Å². The minimum absolute atomic E-state index is 0. The van der Waals surface area contributed by atoms with Gasteiger partial charge in [-0.15, -0.1) is 24.0 Å². The van der Waals surface area contributed by atoms with E-state index in [1.54, 1.807) is 7.11 Å². The molecule has 2 rings (SSSR count). The van der Waals surface area contributed by atoms with Gasteiger partial charge in [0.1, 0.15) is 17.9 Å². The molecular weight excluding hydrogens is 471 g/mol. The van der Waals surface area contributed by atoms with Crippen molar-refractivity contribution in [2.24, 2.45) is 4.99 Å². The first kappa shape index (κ1) is 24.3. The van der Waals surface area contributed by atoms with Crippen LogP contribution in [0.5, 0.6) is 5.75 Å². The van der Waals surface area contributed by atoms with Crippen LogP contribution < -0.4 is 15.0 Å². The molecule has 28 heavy (non-hydrogen) atoms. The van der Waals surface area contributed by atoms with Gasteiger partial charge in [-0.3, -0.25) is 4.79 Å². The smallest absolute Gasteiger partial charge is 0.328 e. The van der Waals surface area contributed by atoms with Gasteiger partial charge in [0.2, 0.25) is 0 Å². The molecule has 1 heterocycles. The Morgan fingerprint density at radius 3 is 2.25 bits per heavy atom. The Balaban J connectivity index is 0.00000392. The third-order valence-electron chi connectivity index (χ3n) is 4.13. The molecule has 0 saturated carbocycles. The molecule has 1 aliphatic rings. The van der Waals surface area contributed by atoms with E-state index >= 15 is 0 Å². The van der Waals surface area contributed by atoms with Gasteiger partial charge in [0.15, 0.2) is 5.96 Å². The lowest BCUT2D eigenvalue weighted by Gasteiger charge is -2.37. The van der Waals surface area contributed by atoms with Gasteiger partial charge in [-0.25, -0.2) is 4.99 Å². The molecule has 8 heteroatoms. The topological polar surface area (TPSA) is 66.4 Å². The second kappa shape index (κ2) is 11.3. The van der Waals surface area contributed by atoms with E-state index < -0.39 is 5.60 Å². The first-order chi connectivity index (χ1) is 12.8. The second-order valence-electron chi connectivity index (χ2n) is 7.43. The van der Waals surface area contributed by atoms with Crippen LogP contribution in [0.25, 0.3) is 0 Å². The summed E-state index contributed by atoms with van der Waals surface area (Å²) in [5.41, 5.74) is 0.695. The van der Waals surface area contributed by atoms with Crippen LogP contribution in [0, 0.1) is 0 Å². The highest BCUT2D eigenvalue weighted by atomic mass is 127. The van der Waals surface area contributed by atoms with Gasteiger partial charge in [-0.05, 0) is 52.0 Å². The van der Waals surface area contributed by atoms with E-state index in [1.807, 2.05) is 39.8 Å². The van der Waals surface area contributed by atoms with Crippen LogP contribution in [-0.2, 0) is 9.53 Å². The Kier molecular flexibility index (Phi) is 9.84. The molecular formula is C20H33IN4O3. The summed E-state index contributed by atoms with van der Waals surface area (Å²) in [5.74, 6) is 1.31. The number of halogens is 1. The number of esters is 1. The molecule has 158 valence electrons. The lowest BCUT2D eigenvalue weighted by molar-refractivity contribution is -0.152. The molecule has 7 nitrogen and oxygen atoms in total. The molecule has 0 amide bonds. The van der Waals surface area contributed by atoms with Crippen molar-refractivity contribution in [2.75, 3.05) is 51.3 Å². The average molecular weight is 504 g/mol. The highest BCUT2D eigenvalue weighted by Crippen LogP contribution is 2.20. The van der Waals surface area contributed by atoms with Crippen molar-refractivity contribution in [1.82, 2.24) is 10.2 Å². The number of anilines is 1. The maximum Gasteiger partial charge on any atom is 0.328 e. The monoisotopic (exact) mass is 504 g/mol. The van der Waals surface area contributed by atoms with Crippen LogP contribution in [0.1, 0.15) is 27.7 Å². The first-order valence-electron chi connectivity index (χ1n) is 9.46. The largest absolute Gasteiger partial charge is 0.497 e. The molecule has 1 fully saturated rings. The van der Waals surface area contributed by atoms with Crippen LogP contribution >= 0.6 is 24.0 Å². The number of carbonyl (C=O) groups is 1. The fourth-order valence-corrected chi connectivity index (χ4v) is 2.91. The number of hydrogen-bond acceptors (Lipinski definition) is 5. The van der Waals surface area contributed by atoms with Crippen LogP contribution in [0.15, 0.2) is 29.3 Å². The Labute approximate surface area is 185 Å². The van der Waals surface area contributed by atoms with E-state index in [2.05, 4.69) is 32.2 Å². The zero-order valence-electron chi connectivity index (χ0n) is 17.5. The molecule has 0 spiro atoms. The molecule has 1 aromatic rings. The summed E-state index contributed by atoms with van der Waals surface area (Å²) in [6.45, 7) is 11.8. The van der Waals surface area contributed by atoms with Crippen LogP contribution in [0.2, 0.25) is 0 Å². The molecule has 1 aliphatic heterocycles. The molecule has 0 radical (unpaired) electrons. The minimum Gasteiger partial charge on any atom is -0.497 e. The van der Waals surface area contributed by atoms with E-state index in [0.717, 1.165) is 44.4 Å². The highest BCUT2D eigenvalue weighted by molar-refractivity contribution is 14.0. The lowest BCUT2D eigenvalue weighted by atomic mass is 10.2. The Morgan fingerprint density at radius 1 is 1.14 bits per heavy atom. The summed E-state index contributed by atoms with van der Waals surface area (Å²) in [6, 6.07) is 8.12. The molecule has 1 N–H and O–H groups in total. The summed E-state index contributed by atoms with van der Waals surface area (Å²) < 4.78 is 10.6. The number of methoxy groups -OCH3 is 1. The third-order valence-corrected chi connectivity index (χ3v) is 4.13. The average Bonchev–Trinajstić information content (AvgIpc) is 2.64. The number of piperazine rings is 1. The number of guanidine groups is 1. The van der Waals surface area contributed by atoms with Gasteiger partial charge in [-0.1, -0.05) is 0 Å². The molecule has 0 unspecified atom stereocenters. The van der Waals surface area contributed by atoms with E-state index in [4.69, 9.17) is 9.47 Å². The van der Waals surface area contributed by atoms with Crippen molar-refractivity contribution in [3.8, 4) is 5.75 Å². The molecule has 1 saturated heterocycles. The highest BCUT2D eigenvalue weighted by Gasteiger charge is 2.21. The number of nitrogens with zero attached hydrogens (tertiary/aromatic N) is 3. The van der Waals surface area contributed by atoms with Gasteiger partial charge in [0.25, 0.3) is 0 Å². The Bertz CT molecular complexity index is 636. The number of rotatable bonds is 5. The zero-order valence-corrected chi connectivity index (χ0v) is 19.9. The number of carbonyl (C=O) groups excluding carboxylic acids is 1. The summed E-state index contributed by atoms with van der Waals surface area (Å²) in [5, 5.41) is 3.27. The summed E-state index contributed by atoms with van der Waals surface area (Å²) >= 11 is 0. The summed E-state index contributed by atoms with van der Waals surface area (Å²) in [6.07, 6.45) is 0. The predicted molar refractivity (Wildman–Crippen MR) is 124 cm³/mol. The second-order valence-corrected chi connectivity index (χ2v) is 7.43. The molecule has 0 bridgehead atoms. The summed E-state index contributed by atoms with van der Waals surface area (Å²) in [7, 11) is 1.67. The number of nitrogens with one attached hydrogen (secondary N) is 1. The number of ether oxygens (including phenoxy) is 2.